The number of carboxylic acids is 1. The van der Waals surface area contributed by atoms with Crippen molar-refractivity contribution in [3.63, 3.8) is 0 Å². The summed E-state index contributed by atoms with van der Waals surface area (Å²) in [7, 11) is 0. The van der Waals surface area contributed by atoms with Crippen molar-refractivity contribution >= 4 is 28.6 Å². The van der Waals surface area contributed by atoms with E-state index in [9.17, 15) is 14.7 Å². The van der Waals surface area contributed by atoms with Gasteiger partial charge in [-0.3, -0.25) is 4.79 Å². The maximum atomic E-state index is 15.2. The summed E-state index contributed by atoms with van der Waals surface area (Å²) >= 11 is 0. The fourth-order valence-corrected chi connectivity index (χ4v) is 4.67. The molecule has 1 saturated carbocycles. The Balaban J connectivity index is 1.90. The van der Waals surface area contributed by atoms with Crippen LogP contribution in [0.25, 0.3) is 17.0 Å². The number of anilines is 1. The number of hydrogen-bond acceptors (Lipinski definition) is 3. The number of halogens is 1. The van der Waals surface area contributed by atoms with Crippen LogP contribution in [-0.2, 0) is 0 Å². The van der Waals surface area contributed by atoms with Crippen molar-refractivity contribution in [2.45, 2.75) is 50.6 Å². The minimum atomic E-state index is -1.27. The van der Waals surface area contributed by atoms with E-state index < -0.39 is 17.2 Å². The van der Waals surface area contributed by atoms with Crippen LogP contribution in [0.2, 0.25) is 0 Å². The van der Waals surface area contributed by atoms with E-state index in [1.165, 1.54) is 12.3 Å². The Morgan fingerprint density at radius 3 is 2.74 bits per heavy atom. The number of carboxylic acid groups (broad SMARTS) is 1. The highest BCUT2D eigenvalue weighted by Gasteiger charge is 2.33. The van der Waals surface area contributed by atoms with Gasteiger partial charge in [-0.05, 0) is 44.6 Å². The Morgan fingerprint density at radius 2 is 2.00 bits per heavy atom. The molecule has 1 aromatic carbocycles. The fraction of sp³-hybridized carbons (Fsp3) is 0.429. The Hall–Kier alpha value is -2.63. The first-order chi connectivity index (χ1) is 13.1. The monoisotopic (exact) mass is 368 g/mol. The molecule has 2 fully saturated rings. The van der Waals surface area contributed by atoms with Crippen molar-refractivity contribution in [1.29, 1.82) is 0 Å². The van der Waals surface area contributed by atoms with Gasteiger partial charge in [-0.2, -0.15) is 0 Å². The van der Waals surface area contributed by atoms with Crippen LogP contribution in [0.3, 0.4) is 0 Å². The van der Waals surface area contributed by atoms with Crippen LogP contribution in [0.1, 0.15) is 60.5 Å². The largest absolute Gasteiger partial charge is 0.477 e. The van der Waals surface area contributed by atoms with E-state index in [4.69, 9.17) is 0 Å². The van der Waals surface area contributed by atoms with Crippen molar-refractivity contribution in [3.05, 3.63) is 45.5 Å². The summed E-state index contributed by atoms with van der Waals surface area (Å²) in [6.45, 7) is 0.814. The molecule has 0 bridgehead atoms. The first-order valence-electron chi connectivity index (χ1n) is 9.64. The van der Waals surface area contributed by atoms with Crippen LogP contribution in [0.15, 0.2) is 23.1 Å². The van der Waals surface area contributed by atoms with Gasteiger partial charge in [-0.15, -0.1) is 0 Å². The number of hydrogen-bond donors (Lipinski definition) is 1. The van der Waals surface area contributed by atoms with Gasteiger partial charge in [0.2, 0.25) is 5.43 Å². The maximum Gasteiger partial charge on any atom is 0.341 e. The minimum Gasteiger partial charge on any atom is -0.477 e. The molecule has 5 rings (SSSR count). The summed E-state index contributed by atoms with van der Waals surface area (Å²) < 4.78 is 17.1. The Bertz CT molecular complexity index is 1050. The molecule has 140 valence electrons. The summed E-state index contributed by atoms with van der Waals surface area (Å²) in [5.41, 5.74) is 1.07. The average Bonchev–Trinajstić information content (AvgIpc) is 3.36. The predicted molar refractivity (Wildman–Crippen MR) is 102 cm³/mol. The SMILES string of the molecule is O=C(O)c1cn(C2CC2)c2c3c(c(F)cc2c1=O)N1CCCC1CC/C=C\3. The molecule has 0 amide bonds. The zero-order valence-electron chi connectivity index (χ0n) is 14.9. The van der Waals surface area contributed by atoms with Gasteiger partial charge in [0.25, 0.3) is 0 Å². The molecule has 2 aliphatic heterocycles. The van der Waals surface area contributed by atoms with Gasteiger partial charge in [-0.1, -0.05) is 12.2 Å². The third-order valence-electron chi connectivity index (χ3n) is 6.06. The first kappa shape index (κ1) is 16.5. The van der Waals surface area contributed by atoms with Gasteiger partial charge in [0, 0.05) is 30.4 Å². The Kier molecular flexibility index (Phi) is 3.64. The summed E-state index contributed by atoms with van der Waals surface area (Å²) in [5.74, 6) is -1.70. The molecule has 3 aliphatic rings. The van der Waals surface area contributed by atoms with E-state index >= 15 is 4.39 Å². The zero-order chi connectivity index (χ0) is 18.7. The highest BCUT2D eigenvalue weighted by Crippen LogP contribution is 2.43. The number of aromatic carboxylic acids is 1. The molecule has 27 heavy (non-hydrogen) atoms. The summed E-state index contributed by atoms with van der Waals surface area (Å²) in [6, 6.07) is 1.75. The second kappa shape index (κ2) is 5.94. The standard InChI is InChI=1S/C21H21FN2O3/c22-17-10-15-18(24(13-7-8-13)11-16(20(15)25)21(26)27)14-6-2-1-4-12-5-3-9-23(12)19(14)17/h2,6,10-13H,1,3-5,7-9H2,(H,26,27)/b6-2-. The number of aromatic nitrogens is 1. The number of carbonyl (C=O) groups is 1. The zero-order valence-corrected chi connectivity index (χ0v) is 14.9. The number of benzene rings is 1. The van der Waals surface area contributed by atoms with Gasteiger partial charge in [0.15, 0.2) is 0 Å². The molecule has 1 N–H and O–H groups in total. The van der Waals surface area contributed by atoms with Crippen LogP contribution in [0.4, 0.5) is 10.1 Å². The van der Waals surface area contributed by atoms with Gasteiger partial charge in [-0.25, -0.2) is 9.18 Å². The van der Waals surface area contributed by atoms with Crippen LogP contribution < -0.4 is 10.3 Å². The third-order valence-corrected chi connectivity index (χ3v) is 6.06. The normalized spacial score (nSPS) is 22.9. The van der Waals surface area contributed by atoms with Crippen molar-refractivity contribution in [1.82, 2.24) is 4.57 Å². The van der Waals surface area contributed by atoms with E-state index in [0.717, 1.165) is 50.6 Å². The molecule has 0 radical (unpaired) electrons. The van der Waals surface area contributed by atoms with Gasteiger partial charge in [0.05, 0.1) is 16.6 Å². The highest BCUT2D eigenvalue weighted by atomic mass is 19.1. The van der Waals surface area contributed by atoms with Crippen LogP contribution in [0.5, 0.6) is 0 Å². The number of allylic oxidation sites excluding steroid dienone is 1. The van der Waals surface area contributed by atoms with Gasteiger partial charge in [0.1, 0.15) is 11.4 Å². The molecule has 6 heteroatoms. The fourth-order valence-electron chi connectivity index (χ4n) is 4.67. The quantitative estimate of drug-likeness (QED) is 0.872. The number of rotatable bonds is 2. The van der Waals surface area contributed by atoms with E-state index in [1.807, 2.05) is 10.6 Å². The Labute approximate surface area is 155 Å². The van der Waals surface area contributed by atoms with Gasteiger partial charge >= 0.3 is 5.97 Å². The second-order valence-electron chi connectivity index (χ2n) is 7.80. The lowest BCUT2D eigenvalue weighted by Crippen LogP contribution is -2.31. The van der Waals surface area contributed by atoms with E-state index in [0.29, 0.717) is 17.2 Å². The predicted octanol–water partition coefficient (Wildman–Crippen LogP) is 3.95. The smallest absolute Gasteiger partial charge is 0.341 e. The molecule has 1 aromatic heterocycles. The molecule has 3 heterocycles. The molecule has 0 spiro atoms. The van der Waals surface area contributed by atoms with E-state index in [-0.39, 0.29) is 17.0 Å². The molecular weight excluding hydrogens is 347 g/mol. The molecular formula is C21H21FN2O3. The lowest BCUT2D eigenvalue weighted by Gasteiger charge is -2.31. The highest BCUT2D eigenvalue weighted by molar-refractivity contribution is 5.98. The second-order valence-corrected chi connectivity index (χ2v) is 7.80. The number of pyridine rings is 1. The molecule has 1 aliphatic carbocycles. The van der Waals surface area contributed by atoms with E-state index in [1.54, 1.807) is 0 Å². The molecule has 2 aromatic rings. The van der Waals surface area contributed by atoms with E-state index in [2.05, 4.69) is 11.0 Å². The molecule has 5 nitrogen and oxygen atoms in total. The van der Waals surface area contributed by atoms with Crippen molar-refractivity contribution in [2.24, 2.45) is 0 Å². The molecule has 1 saturated heterocycles. The van der Waals surface area contributed by atoms with Crippen molar-refractivity contribution in [2.75, 3.05) is 11.4 Å². The summed E-state index contributed by atoms with van der Waals surface area (Å²) in [6.07, 6.45) is 11.3. The van der Waals surface area contributed by atoms with Crippen LogP contribution >= 0.6 is 0 Å². The third kappa shape index (κ3) is 2.50. The molecule has 1 atom stereocenters. The number of nitrogens with zero attached hydrogens (tertiary/aromatic N) is 2. The number of fused-ring (bicyclic) bond motifs is 5. The molecule has 1 unspecified atom stereocenters. The van der Waals surface area contributed by atoms with Crippen molar-refractivity contribution in [3.8, 4) is 0 Å². The lowest BCUT2D eigenvalue weighted by molar-refractivity contribution is 0.0695. The average molecular weight is 368 g/mol. The Morgan fingerprint density at radius 1 is 1.19 bits per heavy atom. The summed E-state index contributed by atoms with van der Waals surface area (Å²) in [4.78, 5) is 26.5. The van der Waals surface area contributed by atoms with Crippen molar-refractivity contribution < 1.29 is 14.3 Å². The van der Waals surface area contributed by atoms with Crippen LogP contribution in [-0.4, -0.2) is 28.2 Å². The first-order valence-corrected chi connectivity index (χ1v) is 9.64. The maximum absolute atomic E-state index is 15.2. The van der Waals surface area contributed by atoms with Gasteiger partial charge < -0.3 is 14.6 Å². The summed E-state index contributed by atoms with van der Waals surface area (Å²) in [5, 5.41) is 9.60. The lowest BCUT2D eigenvalue weighted by atomic mass is 9.98. The van der Waals surface area contributed by atoms with Crippen LogP contribution in [0, 0.1) is 5.82 Å². The minimum absolute atomic E-state index is 0.166. The topological polar surface area (TPSA) is 62.5 Å².